The van der Waals surface area contributed by atoms with Crippen LogP contribution in [0.1, 0.15) is 112 Å². The molecule has 0 aromatic carbocycles. The number of amides is 1. The first-order chi connectivity index (χ1) is 34.1. The first kappa shape index (κ1) is 60.5. The predicted octanol–water partition coefficient (Wildman–Crippen LogP) is 3.69. The highest BCUT2D eigenvalue weighted by Crippen LogP contribution is 2.38. The van der Waals surface area contributed by atoms with Crippen LogP contribution in [0.15, 0.2) is 47.6 Å². The zero-order valence-electron chi connectivity index (χ0n) is 43.6. The van der Waals surface area contributed by atoms with Gasteiger partial charge in [-0.25, -0.2) is 9.59 Å². The second kappa shape index (κ2) is 29.2. The molecule has 406 valence electrons. The molecule has 19 nitrogen and oxygen atoms in total. The molecule has 4 rings (SSSR count). The number of esters is 1. The summed E-state index contributed by atoms with van der Waals surface area (Å²) in [5.74, 6) is -9.30. The lowest BCUT2D eigenvalue weighted by Gasteiger charge is -2.42. The van der Waals surface area contributed by atoms with E-state index in [0.29, 0.717) is 51.4 Å². The summed E-state index contributed by atoms with van der Waals surface area (Å²) in [6, 6.07) is -3.02. The summed E-state index contributed by atoms with van der Waals surface area (Å²) in [5.41, 5.74) is 13.9. The lowest BCUT2D eigenvalue weighted by Crippen LogP contribution is -2.61. The molecule has 4 aliphatic rings. The SMILES string of the molecule is CO[C@H]1C[C@@H]2CC[C@@H](C)[C@@](O)(O2)C(=O)C(=O)N2CCCC[C@H]2C(=O)O[C@H]([C@@H](C)C[C@H]2CC[C@@H](OCCOCC(=O)O)[C@H](OC)C2)CC(=O)[C@H](N)/C=C(\C)[C@@H](O)[C@@H](OC)C(=O)[C@H](C)C[C@H](N)/C=C/C=C/C=C/1C. The summed E-state index contributed by atoms with van der Waals surface area (Å²) in [4.78, 5) is 82.8. The molecule has 2 saturated heterocycles. The van der Waals surface area contributed by atoms with Crippen molar-refractivity contribution in [3.63, 3.8) is 0 Å². The Morgan fingerprint density at radius 2 is 1.62 bits per heavy atom. The lowest BCUT2D eigenvalue weighted by molar-refractivity contribution is -0.265. The van der Waals surface area contributed by atoms with E-state index in [0.717, 1.165) is 10.5 Å². The van der Waals surface area contributed by atoms with E-state index in [1.165, 1.54) is 20.1 Å². The van der Waals surface area contributed by atoms with Crippen LogP contribution >= 0.6 is 0 Å². The Kier molecular flexibility index (Phi) is 24.5. The second-order valence-electron chi connectivity index (χ2n) is 20.3. The first-order valence-corrected chi connectivity index (χ1v) is 25.6. The number of cyclic esters (lactones) is 1. The van der Waals surface area contributed by atoms with E-state index in [9.17, 15) is 39.0 Å². The maximum atomic E-state index is 14.5. The van der Waals surface area contributed by atoms with Gasteiger partial charge in [-0.3, -0.25) is 19.2 Å². The van der Waals surface area contributed by atoms with Crippen molar-refractivity contribution in [2.45, 2.75) is 178 Å². The third kappa shape index (κ3) is 17.0. The van der Waals surface area contributed by atoms with Crippen LogP contribution in [0.25, 0.3) is 0 Å². The zero-order valence-corrected chi connectivity index (χ0v) is 43.6. The number of hydrogen-bond acceptors (Lipinski definition) is 17. The third-order valence-corrected chi connectivity index (χ3v) is 14.9. The van der Waals surface area contributed by atoms with E-state index >= 15 is 0 Å². The van der Waals surface area contributed by atoms with Gasteiger partial charge < -0.3 is 64.8 Å². The number of nitrogens with zero attached hydrogens (tertiary/aromatic N) is 1. The Bertz CT molecular complexity index is 1960. The summed E-state index contributed by atoms with van der Waals surface area (Å²) in [6.07, 6.45) is 9.43. The fraction of sp³-hybridized carbons (Fsp3) is 0.736. The Morgan fingerprint density at radius 1 is 0.889 bits per heavy atom. The van der Waals surface area contributed by atoms with Gasteiger partial charge in [-0.05, 0) is 101 Å². The summed E-state index contributed by atoms with van der Waals surface area (Å²) in [5, 5.41) is 32.3. The van der Waals surface area contributed by atoms with Gasteiger partial charge >= 0.3 is 11.9 Å². The number of Topliss-reactive ketones (excluding diaryl/α,β-unsaturated/α-hetero) is 3. The lowest BCUT2D eigenvalue weighted by atomic mass is 9.78. The molecule has 7 N–H and O–H groups in total. The number of aliphatic hydroxyl groups is 2. The normalized spacial score (nSPS) is 37.6. The number of aliphatic carboxylic acids is 1. The molecule has 72 heavy (non-hydrogen) atoms. The maximum absolute atomic E-state index is 14.5. The number of allylic oxidation sites excluding steroid dienone is 4. The van der Waals surface area contributed by atoms with Gasteiger partial charge in [-0.1, -0.05) is 57.2 Å². The van der Waals surface area contributed by atoms with Crippen LogP contribution in [-0.2, 0) is 61.9 Å². The van der Waals surface area contributed by atoms with Crippen molar-refractivity contribution in [1.29, 1.82) is 0 Å². The molecule has 0 unspecified atom stereocenters. The quantitative estimate of drug-likeness (QED) is 0.0807. The average Bonchev–Trinajstić information content (AvgIpc) is 3.35. The molecule has 3 fully saturated rings. The van der Waals surface area contributed by atoms with E-state index in [-0.39, 0.29) is 74.9 Å². The zero-order chi connectivity index (χ0) is 53.3. The van der Waals surface area contributed by atoms with Crippen molar-refractivity contribution in [1.82, 2.24) is 4.90 Å². The smallest absolute Gasteiger partial charge is 0.329 e. The molecule has 2 bridgehead atoms. The van der Waals surface area contributed by atoms with E-state index in [1.807, 2.05) is 19.9 Å². The molecule has 1 aliphatic carbocycles. The highest BCUT2D eigenvalue weighted by molar-refractivity contribution is 6.39. The Labute approximate surface area is 425 Å². The van der Waals surface area contributed by atoms with Gasteiger partial charge in [0.2, 0.25) is 5.79 Å². The van der Waals surface area contributed by atoms with Crippen molar-refractivity contribution in [3.05, 3.63) is 47.6 Å². The van der Waals surface area contributed by atoms with Gasteiger partial charge in [0.25, 0.3) is 11.7 Å². The van der Waals surface area contributed by atoms with Gasteiger partial charge in [0.05, 0.1) is 43.7 Å². The number of hydrogen-bond donors (Lipinski definition) is 5. The van der Waals surface area contributed by atoms with E-state index in [2.05, 4.69) is 0 Å². The van der Waals surface area contributed by atoms with E-state index in [1.54, 1.807) is 52.4 Å². The van der Waals surface area contributed by atoms with E-state index < -0.39 is 108 Å². The highest BCUT2D eigenvalue weighted by Gasteiger charge is 2.53. The van der Waals surface area contributed by atoms with Crippen LogP contribution in [0.4, 0.5) is 0 Å². The monoisotopic (exact) mass is 1020 g/mol. The second-order valence-corrected chi connectivity index (χ2v) is 20.3. The minimum atomic E-state index is -2.48. The molecule has 0 radical (unpaired) electrons. The van der Waals surface area contributed by atoms with Gasteiger partial charge in [0.15, 0.2) is 11.6 Å². The Morgan fingerprint density at radius 3 is 2.31 bits per heavy atom. The largest absolute Gasteiger partial charge is 0.480 e. The number of ketones is 3. The van der Waals surface area contributed by atoms with Crippen molar-refractivity contribution in [2.75, 3.05) is 47.7 Å². The number of carbonyl (C=O) groups excluding carboxylic acids is 5. The van der Waals surface area contributed by atoms with Crippen LogP contribution in [0.3, 0.4) is 0 Å². The first-order valence-electron chi connectivity index (χ1n) is 25.6. The number of carboxylic acid groups (broad SMARTS) is 1. The van der Waals surface area contributed by atoms with Gasteiger partial charge in [0, 0.05) is 58.6 Å². The number of ether oxygens (including phenoxy) is 7. The number of rotatable bonds is 12. The molecule has 15 atom stereocenters. The van der Waals surface area contributed by atoms with Crippen molar-refractivity contribution in [3.8, 4) is 0 Å². The average molecular weight is 1020 g/mol. The van der Waals surface area contributed by atoms with E-state index in [4.69, 9.17) is 49.7 Å². The minimum absolute atomic E-state index is 0.0399. The number of carbonyl (C=O) groups is 6. The Hall–Kier alpha value is -4.02. The molecule has 1 amide bonds. The third-order valence-electron chi connectivity index (χ3n) is 14.9. The molecule has 0 spiro atoms. The highest BCUT2D eigenvalue weighted by atomic mass is 16.6. The van der Waals surface area contributed by atoms with Gasteiger partial charge in [0.1, 0.15) is 31.0 Å². The maximum Gasteiger partial charge on any atom is 0.329 e. The standard InChI is InChI=1S/C53H83N3O16/c1-31-14-10-9-11-15-37(54)25-33(3)47(60)49(68-8)48(61)34(4)26-39(55)41(57)29-44(32(2)24-36-18-20-42(45(27-36)67-7)70-23-22-69-30-46(58)59)71-52(64)40-16-12-13-21-56(40)51(63)50(62)53(65)35(5)17-19-38(72-53)28-43(31)66-6/h9-11,14-15,26,32-33,35-40,42-45,48-49,61,65H,12-13,16-25,27-30,54-55H2,1-8H3,(H,58,59)/b10-9+,15-11+,31-14+,34-26+/t32-,33+,35+,36+,37+,38-,39+,40-,42+,43-,44-,45+,48+,49-,53+/m0/s1. The molecular weight excluding hydrogens is 935 g/mol. The Balaban J connectivity index is 1.66. The number of methoxy groups -OCH3 is 3. The molecule has 3 heterocycles. The number of piperidine rings is 1. The fourth-order valence-corrected chi connectivity index (χ4v) is 10.4. The van der Waals surface area contributed by atoms with Crippen LogP contribution in [-0.4, -0.2) is 170 Å². The molecule has 19 heteroatoms. The molecule has 3 aliphatic heterocycles. The van der Waals surface area contributed by atoms with Crippen LogP contribution < -0.4 is 11.5 Å². The van der Waals surface area contributed by atoms with Crippen molar-refractivity contribution in [2.24, 2.45) is 35.1 Å². The number of carboxylic acids is 1. The number of fused-ring (bicyclic) bond motifs is 3. The minimum Gasteiger partial charge on any atom is -0.480 e. The summed E-state index contributed by atoms with van der Waals surface area (Å²) in [6.45, 7) is 8.51. The molecule has 0 aromatic rings. The molecule has 0 aromatic heterocycles. The molecule has 1 saturated carbocycles. The predicted molar refractivity (Wildman–Crippen MR) is 265 cm³/mol. The number of nitrogens with two attached hydrogens (primary N) is 2. The summed E-state index contributed by atoms with van der Waals surface area (Å²) >= 11 is 0. The van der Waals surface area contributed by atoms with Crippen LogP contribution in [0, 0.1) is 23.7 Å². The number of aliphatic hydroxyl groups excluding tert-OH is 1. The van der Waals surface area contributed by atoms with Gasteiger partial charge in [-0.15, -0.1) is 0 Å². The summed E-state index contributed by atoms with van der Waals surface area (Å²) < 4.78 is 40.7. The van der Waals surface area contributed by atoms with Crippen molar-refractivity contribution < 1.29 is 77.2 Å². The fourth-order valence-electron chi connectivity index (χ4n) is 10.4. The molecular formula is C53H83N3O16. The van der Waals surface area contributed by atoms with Crippen molar-refractivity contribution >= 4 is 35.2 Å². The van der Waals surface area contributed by atoms with Gasteiger partial charge in [-0.2, -0.15) is 0 Å². The summed E-state index contributed by atoms with van der Waals surface area (Å²) in [7, 11) is 4.44. The van der Waals surface area contributed by atoms with Crippen LogP contribution in [0.2, 0.25) is 0 Å². The topological polar surface area (TPSA) is 283 Å². The van der Waals surface area contributed by atoms with Crippen LogP contribution in [0.5, 0.6) is 0 Å².